The van der Waals surface area contributed by atoms with Gasteiger partial charge in [-0.1, -0.05) is 0 Å². The van der Waals surface area contributed by atoms with Crippen LogP contribution in [0.25, 0.3) is 11.0 Å². The van der Waals surface area contributed by atoms with Crippen molar-refractivity contribution in [2.75, 3.05) is 39.3 Å². The van der Waals surface area contributed by atoms with E-state index in [2.05, 4.69) is 0 Å². The normalized spacial score (nSPS) is 21.7. The Morgan fingerprint density at radius 3 is 2.52 bits per heavy atom. The van der Waals surface area contributed by atoms with Gasteiger partial charge in [-0.15, -0.1) is 0 Å². The molecule has 0 unspecified atom stereocenters. The molecule has 0 amide bonds. The van der Waals surface area contributed by atoms with Gasteiger partial charge in [0.25, 0.3) is 0 Å². The molecule has 0 bridgehead atoms. The maximum absolute atomic E-state index is 11.8. The number of aromatic hydroxyl groups is 1. The van der Waals surface area contributed by atoms with Crippen molar-refractivity contribution < 1.29 is 24.4 Å². The molecule has 1 aromatic heterocycles. The number of aliphatic hydroxyl groups is 1. The number of nitrogens with one attached hydrogen (secondary N) is 2. The SMILES string of the molecule is Cc1cc(O)c2c(C[NH+]3CC[NH+](CCO)CC3)cc(=O)oc2c1. The highest BCUT2D eigenvalue weighted by Gasteiger charge is 2.24. The van der Waals surface area contributed by atoms with Crippen LogP contribution in [0.3, 0.4) is 0 Å². The van der Waals surface area contributed by atoms with Gasteiger partial charge in [0.2, 0.25) is 0 Å². The van der Waals surface area contributed by atoms with Crippen LogP contribution in [-0.2, 0) is 6.54 Å². The van der Waals surface area contributed by atoms with Gasteiger partial charge in [-0.05, 0) is 24.6 Å². The van der Waals surface area contributed by atoms with Gasteiger partial charge in [-0.25, -0.2) is 4.79 Å². The smallest absolute Gasteiger partial charge is 0.336 e. The van der Waals surface area contributed by atoms with Crippen LogP contribution in [0, 0.1) is 6.92 Å². The minimum Gasteiger partial charge on any atom is -0.507 e. The van der Waals surface area contributed by atoms with E-state index in [1.807, 2.05) is 6.92 Å². The Labute approximate surface area is 134 Å². The summed E-state index contributed by atoms with van der Waals surface area (Å²) >= 11 is 0. The molecule has 6 nitrogen and oxygen atoms in total. The maximum atomic E-state index is 11.8. The van der Waals surface area contributed by atoms with E-state index in [9.17, 15) is 9.90 Å². The Bertz CT molecular complexity index is 748. The molecule has 3 rings (SSSR count). The number of rotatable bonds is 4. The van der Waals surface area contributed by atoms with Gasteiger partial charge in [0.05, 0.1) is 12.0 Å². The molecule has 124 valence electrons. The third kappa shape index (κ3) is 3.55. The van der Waals surface area contributed by atoms with Crippen molar-refractivity contribution in [3.05, 3.63) is 39.7 Å². The minimum atomic E-state index is -0.374. The third-order valence-electron chi connectivity index (χ3n) is 4.62. The van der Waals surface area contributed by atoms with Gasteiger partial charge >= 0.3 is 5.63 Å². The van der Waals surface area contributed by atoms with Crippen LogP contribution < -0.4 is 15.4 Å². The number of phenolic OH excluding ortho intramolecular Hbond substituents is 1. The minimum absolute atomic E-state index is 0.169. The second-order valence-corrected chi connectivity index (χ2v) is 6.40. The number of piperazine rings is 1. The van der Waals surface area contributed by atoms with Crippen molar-refractivity contribution in [2.24, 2.45) is 0 Å². The number of quaternary nitrogens is 2. The lowest BCUT2D eigenvalue weighted by atomic mass is 10.1. The molecule has 0 spiro atoms. The van der Waals surface area contributed by atoms with Crippen LogP contribution >= 0.6 is 0 Å². The van der Waals surface area contributed by atoms with Gasteiger partial charge in [0, 0.05) is 11.6 Å². The summed E-state index contributed by atoms with van der Waals surface area (Å²) in [6.07, 6.45) is 0. The first-order chi connectivity index (χ1) is 11.1. The molecule has 1 aliphatic rings. The highest BCUT2D eigenvalue weighted by Crippen LogP contribution is 2.28. The van der Waals surface area contributed by atoms with Gasteiger partial charge < -0.3 is 24.4 Å². The Morgan fingerprint density at radius 2 is 1.83 bits per heavy atom. The summed E-state index contributed by atoms with van der Waals surface area (Å²) in [6, 6.07) is 4.99. The molecule has 1 aromatic carbocycles. The Hall–Kier alpha value is -1.89. The first kappa shape index (κ1) is 16.0. The van der Waals surface area contributed by atoms with Crippen molar-refractivity contribution in [2.45, 2.75) is 13.5 Å². The number of aryl methyl sites for hydroxylation is 1. The topological polar surface area (TPSA) is 79.5 Å². The van der Waals surface area contributed by atoms with Crippen molar-refractivity contribution in [1.29, 1.82) is 0 Å². The van der Waals surface area contributed by atoms with Crippen molar-refractivity contribution in [3.63, 3.8) is 0 Å². The van der Waals surface area contributed by atoms with Gasteiger partial charge in [-0.2, -0.15) is 0 Å². The van der Waals surface area contributed by atoms with Gasteiger partial charge in [0.1, 0.15) is 50.6 Å². The van der Waals surface area contributed by atoms with E-state index < -0.39 is 0 Å². The summed E-state index contributed by atoms with van der Waals surface area (Å²) in [5.41, 5.74) is 1.79. The van der Waals surface area contributed by atoms with E-state index in [-0.39, 0.29) is 18.0 Å². The first-order valence-corrected chi connectivity index (χ1v) is 8.11. The molecule has 0 radical (unpaired) electrons. The van der Waals surface area contributed by atoms with Crippen molar-refractivity contribution in [3.8, 4) is 5.75 Å². The quantitative estimate of drug-likeness (QED) is 0.496. The van der Waals surface area contributed by atoms with Crippen molar-refractivity contribution >= 4 is 11.0 Å². The maximum Gasteiger partial charge on any atom is 0.336 e. The molecule has 0 atom stereocenters. The zero-order chi connectivity index (χ0) is 16.4. The summed E-state index contributed by atoms with van der Waals surface area (Å²) in [5, 5.41) is 19.9. The molecule has 2 heterocycles. The summed E-state index contributed by atoms with van der Waals surface area (Å²) < 4.78 is 5.25. The van der Waals surface area contributed by atoms with Crippen molar-refractivity contribution in [1.82, 2.24) is 0 Å². The molecule has 2 aromatic rings. The fourth-order valence-corrected chi connectivity index (χ4v) is 3.44. The standard InChI is InChI=1S/C17H22N2O4/c1-12-8-14(21)17-13(10-16(22)23-15(17)9-12)11-19-4-2-18(3-5-19)6-7-20/h8-10,20-21H,2-7,11H2,1H3/p+2. The summed E-state index contributed by atoms with van der Waals surface area (Å²) in [4.78, 5) is 14.6. The van der Waals surface area contributed by atoms with Gasteiger partial charge in [0.15, 0.2) is 0 Å². The molecule has 1 fully saturated rings. The number of hydrogen-bond donors (Lipinski definition) is 4. The molecule has 1 saturated heterocycles. The number of phenols is 1. The summed E-state index contributed by atoms with van der Waals surface area (Å²) in [5.74, 6) is 0.169. The summed E-state index contributed by atoms with van der Waals surface area (Å²) in [6.45, 7) is 7.59. The predicted molar refractivity (Wildman–Crippen MR) is 85.9 cm³/mol. The molecule has 0 aliphatic carbocycles. The third-order valence-corrected chi connectivity index (χ3v) is 4.62. The lowest BCUT2D eigenvalue weighted by molar-refractivity contribution is -1.02. The fourth-order valence-electron chi connectivity index (χ4n) is 3.44. The molecule has 1 aliphatic heterocycles. The number of benzene rings is 1. The number of fused-ring (bicyclic) bond motifs is 1. The zero-order valence-electron chi connectivity index (χ0n) is 13.4. The summed E-state index contributed by atoms with van der Waals surface area (Å²) in [7, 11) is 0. The van der Waals surface area contributed by atoms with E-state index >= 15 is 0 Å². The highest BCUT2D eigenvalue weighted by atomic mass is 16.4. The van der Waals surface area contributed by atoms with Crippen LogP contribution in [0.15, 0.2) is 27.4 Å². The lowest BCUT2D eigenvalue weighted by Crippen LogP contribution is -3.27. The van der Waals surface area contributed by atoms with Crippen LogP contribution in [-0.4, -0.2) is 49.5 Å². The van der Waals surface area contributed by atoms with Gasteiger partial charge in [-0.3, -0.25) is 0 Å². The second-order valence-electron chi connectivity index (χ2n) is 6.40. The molecule has 6 heteroatoms. The Morgan fingerprint density at radius 1 is 1.13 bits per heavy atom. The van der Waals surface area contributed by atoms with Crippen LogP contribution in [0.4, 0.5) is 0 Å². The predicted octanol–water partition coefficient (Wildman–Crippen LogP) is -1.92. The van der Waals surface area contributed by atoms with E-state index in [1.165, 1.54) is 15.9 Å². The fraction of sp³-hybridized carbons (Fsp3) is 0.471. The lowest BCUT2D eigenvalue weighted by Gasteiger charge is -2.29. The highest BCUT2D eigenvalue weighted by molar-refractivity contribution is 5.87. The van der Waals surface area contributed by atoms with E-state index in [4.69, 9.17) is 9.52 Å². The molecule has 0 saturated carbocycles. The first-order valence-electron chi connectivity index (χ1n) is 8.11. The van der Waals surface area contributed by atoms with Crippen LogP contribution in [0.1, 0.15) is 11.1 Å². The van der Waals surface area contributed by atoms with Crippen LogP contribution in [0.5, 0.6) is 5.75 Å². The second kappa shape index (κ2) is 6.70. The van der Waals surface area contributed by atoms with E-state index in [0.29, 0.717) is 17.5 Å². The van der Waals surface area contributed by atoms with E-state index in [1.54, 1.807) is 12.1 Å². The number of hydrogen-bond acceptors (Lipinski definition) is 4. The zero-order valence-corrected chi connectivity index (χ0v) is 13.4. The Kier molecular flexibility index (Phi) is 4.66. The molecular weight excluding hydrogens is 296 g/mol. The monoisotopic (exact) mass is 320 g/mol. The molecular formula is C17H24N2O4+2. The molecule has 23 heavy (non-hydrogen) atoms. The Balaban J connectivity index is 1.85. The number of aliphatic hydroxyl groups excluding tert-OH is 1. The van der Waals surface area contributed by atoms with E-state index in [0.717, 1.165) is 43.9 Å². The molecule has 4 N–H and O–H groups in total. The average Bonchev–Trinajstić information content (AvgIpc) is 2.48. The largest absolute Gasteiger partial charge is 0.507 e. The van der Waals surface area contributed by atoms with Crippen LogP contribution in [0.2, 0.25) is 0 Å². The average molecular weight is 320 g/mol.